The van der Waals surface area contributed by atoms with Crippen molar-refractivity contribution < 1.29 is 4.79 Å². The molecule has 1 amide bonds. The minimum Gasteiger partial charge on any atom is -0.354 e. The Morgan fingerprint density at radius 3 is 2.67 bits per heavy atom. The third-order valence-electron chi connectivity index (χ3n) is 5.62. The number of guanidine groups is 1. The fourth-order valence-corrected chi connectivity index (χ4v) is 4.11. The Morgan fingerprint density at radius 2 is 1.93 bits per heavy atom. The molecule has 1 aliphatic heterocycles. The van der Waals surface area contributed by atoms with E-state index in [0.29, 0.717) is 18.5 Å². The molecule has 148 valence electrons. The summed E-state index contributed by atoms with van der Waals surface area (Å²) in [5, 5.41) is 9.57. The highest BCUT2D eigenvalue weighted by atomic mass is 16.1. The van der Waals surface area contributed by atoms with E-state index in [4.69, 9.17) is 0 Å². The van der Waals surface area contributed by atoms with Gasteiger partial charge in [-0.1, -0.05) is 43.2 Å². The third-order valence-corrected chi connectivity index (χ3v) is 5.62. The monoisotopic (exact) mass is 371 g/mol. The van der Waals surface area contributed by atoms with Crippen LogP contribution in [0.5, 0.6) is 0 Å². The molecule has 6 nitrogen and oxygen atoms in total. The molecule has 1 unspecified atom stereocenters. The van der Waals surface area contributed by atoms with Crippen molar-refractivity contribution in [3.63, 3.8) is 0 Å². The number of hydrogen-bond donors (Lipinski definition) is 3. The highest BCUT2D eigenvalue weighted by molar-refractivity contribution is 5.86. The van der Waals surface area contributed by atoms with E-state index in [1.54, 1.807) is 7.05 Å². The van der Waals surface area contributed by atoms with Gasteiger partial charge in [0.15, 0.2) is 5.96 Å². The second kappa shape index (κ2) is 10.3. The van der Waals surface area contributed by atoms with Crippen molar-refractivity contribution in [3.05, 3.63) is 35.9 Å². The molecule has 1 aromatic rings. The Morgan fingerprint density at radius 1 is 1.15 bits per heavy atom. The quantitative estimate of drug-likeness (QED) is 0.502. The maximum atomic E-state index is 12.1. The summed E-state index contributed by atoms with van der Waals surface area (Å²) in [6.07, 6.45) is 7.44. The predicted octanol–water partition coefficient (Wildman–Crippen LogP) is 1.53. The van der Waals surface area contributed by atoms with E-state index in [9.17, 15) is 4.79 Å². The smallest absolute Gasteiger partial charge is 0.239 e. The first-order valence-electron chi connectivity index (χ1n) is 10.3. The van der Waals surface area contributed by atoms with Gasteiger partial charge in [0.2, 0.25) is 5.91 Å². The van der Waals surface area contributed by atoms with Crippen LogP contribution in [-0.2, 0) is 11.2 Å². The molecule has 1 aliphatic carbocycles. The largest absolute Gasteiger partial charge is 0.354 e. The SMILES string of the molecule is CN=C(NCC(=O)NCCc1ccccc1)NC1CCN(C2CCCC2)C1. The van der Waals surface area contributed by atoms with Crippen LogP contribution < -0.4 is 16.0 Å². The number of aliphatic imine (C=N–C) groups is 1. The van der Waals surface area contributed by atoms with Gasteiger partial charge in [-0.05, 0) is 31.2 Å². The standard InChI is InChI=1S/C21H33N5O/c1-22-21(25-18-12-14-26(16-18)19-9-5-6-10-19)24-15-20(27)23-13-11-17-7-3-2-4-8-17/h2-4,7-8,18-19H,5-6,9-16H2,1H3,(H,23,27)(H2,22,24,25). The lowest BCUT2D eigenvalue weighted by Gasteiger charge is -2.24. The molecule has 3 N–H and O–H groups in total. The maximum absolute atomic E-state index is 12.1. The summed E-state index contributed by atoms with van der Waals surface area (Å²) >= 11 is 0. The summed E-state index contributed by atoms with van der Waals surface area (Å²) in [6.45, 7) is 3.14. The van der Waals surface area contributed by atoms with Crippen molar-refractivity contribution in [3.8, 4) is 0 Å². The third kappa shape index (κ3) is 6.24. The zero-order chi connectivity index (χ0) is 18.9. The number of hydrogen-bond acceptors (Lipinski definition) is 3. The van der Waals surface area contributed by atoms with Crippen molar-refractivity contribution in [2.24, 2.45) is 4.99 Å². The predicted molar refractivity (Wildman–Crippen MR) is 110 cm³/mol. The van der Waals surface area contributed by atoms with Gasteiger partial charge in [-0.15, -0.1) is 0 Å². The molecule has 0 bridgehead atoms. The molecule has 1 saturated heterocycles. The summed E-state index contributed by atoms with van der Waals surface area (Å²) in [5.41, 5.74) is 1.23. The first-order valence-corrected chi connectivity index (χ1v) is 10.3. The van der Waals surface area contributed by atoms with Crippen LogP contribution >= 0.6 is 0 Å². The highest BCUT2D eigenvalue weighted by Crippen LogP contribution is 2.26. The Balaban J connectivity index is 1.32. The second-order valence-electron chi connectivity index (χ2n) is 7.57. The second-order valence-corrected chi connectivity index (χ2v) is 7.57. The molecule has 2 fully saturated rings. The summed E-state index contributed by atoms with van der Waals surface area (Å²) < 4.78 is 0. The Labute approximate surface area is 162 Å². The zero-order valence-corrected chi connectivity index (χ0v) is 16.4. The van der Waals surface area contributed by atoms with Gasteiger partial charge in [-0.2, -0.15) is 0 Å². The highest BCUT2D eigenvalue weighted by Gasteiger charge is 2.30. The molecule has 1 atom stereocenters. The number of nitrogens with one attached hydrogen (secondary N) is 3. The number of nitrogens with zero attached hydrogens (tertiary/aromatic N) is 2. The van der Waals surface area contributed by atoms with Crippen molar-refractivity contribution in [1.82, 2.24) is 20.9 Å². The Hall–Kier alpha value is -2.08. The lowest BCUT2D eigenvalue weighted by Crippen LogP contribution is -2.48. The first kappa shape index (κ1) is 19.7. The van der Waals surface area contributed by atoms with Crippen LogP contribution in [0.3, 0.4) is 0 Å². The molecular weight excluding hydrogens is 338 g/mol. The fourth-order valence-electron chi connectivity index (χ4n) is 4.11. The number of carbonyl (C=O) groups excluding carboxylic acids is 1. The first-order chi connectivity index (χ1) is 13.2. The van der Waals surface area contributed by atoms with Gasteiger partial charge in [0.05, 0.1) is 6.54 Å². The summed E-state index contributed by atoms with van der Waals surface area (Å²) in [5.74, 6) is 0.708. The molecule has 3 rings (SSSR count). The van der Waals surface area contributed by atoms with E-state index < -0.39 is 0 Å². The molecule has 0 spiro atoms. The fraction of sp³-hybridized carbons (Fsp3) is 0.619. The van der Waals surface area contributed by atoms with E-state index >= 15 is 0 Å². The molecule has 1 saturated carbocycles. The van der Waals surface area contributed by atoms with Crippen LogP contribution in [0.25, 0.3) is 0 Å². The van der Waals surface area contributed by atoms with Gasteiger partial charge in [0.25, 0.3) is 0 Å². The minimum atomic E-state index is -0.00659. The number of likely N-dealkylation sites (tertiary alicyclic amines) is 1. The molecule has 0 radical (unpaired) electrons. The van der Waals surface area contributed by atoms with Crippen molar-refractivity contribution in [1.29, 1.82) is 0 Å². The molecular formula is C21H33N5O. The van der Waals surface area contributed by atoms with E-state index in [2.05, 4.69) is 38.0 Å². The van der Waals surface area contributed by atoms with Crippen LogP contribution in [-0.4, -0.2) is 62.1 Å². The molecule has 0 aromatic heterocycles. The van der Waals surface area contributed by atoms with Gasteiger partial charge in [-0.25, -0.2) is 0 Å². The normalized spacial score (nSPS) is 21.4. The average Bonchev–Trinajstić information content (AvgIpc) is 3.37. The van der Waals surface area contributed by atoms with Gasteiger partial charge in [-0.3, -0.25) is 14.7 Å². The number of amides is 1. The zero-order valence-electron chi connectivity index (χ0n) is 16.4. The molecule has 27 heavy (non-hydrogen) atoms. The van der Waals surface area contributed by atoms with Crippen LogP contribution in [0.15, 0.2) is 35.3 Å². The number of rotatable bonds is 7. The average molecular weight is 372 g/mol. The van der Waals surface area contributed by atoms with Crippen LogP contribution in [0.1, 0.15) is 37.7 Å². The maximum Gasteiger partial charge on any atom is 0.239 e. The molecule has 1 heterocycles. The van der Waals surface area contributed by atoms with Gasteiger partial charge < -0.3 is 16.0 Å². The van der Waals surface area contributed by atoms with Crippen LogP contribution in [0.2, 0.25) is 0 Å². The van der Waals surface area contributed by atoms with Crippen LogP contribution in [0, 0.1) is 0 Å². The van der Waals surface area contributed by atoms with Crippen molar-refractivity contribution in [2.45, 2.75) is 50.6 Å². The van der Waals surface area contributed by atoms with E-state index in [0.717, 1.165) is 25.4 Å². The summed E-state index contributed by atoms with van der Waals surface area (Å²) in [6, 6.07) is 11.4. The summed E-state index contributed by atoms with van der Waals surface area (Å²) in [4.78, 5) is 18.9. The lowest BCUT2D eigenvalue weighted by atomic mass is 10.1. The topological polar surface area (TPSA) is 68.8 Å². The summed E-state index contributed by atoms with van der Waals surface area (Å²) in [7, 11) is 1.76. The lowest BCUT2D eigenvalue weighted by molar-refractivity contribution is -0.119. The van der Waals surface area contributed by atoms with E-state index in [-0.39, 0.29) is 12.5 Å². The van der Waals surface area contributed by atoms with Crippen LogP contribution in [0.4, 0.5) is 0 Å². The van der Waals surface area contributed by atoms with Crippen molar-refractivity contribution in [2.75, 3.05) is 33.2 Å². The van der Waals surface area contributed by atoms with Gasteiger partial charge in [0, 0.05) is 38.8 Å². The van der Waals surface area contributed by atoms with E-state index in [1.807, 2.05) is 18.2 Å². The van der Waals surface area contributed by atoms with Gasteiger partial charge in [0.1, 0.15) is 0 Å². The number of benzene rings is 1. The number of carbonyl (C=O) groups is 1. The Bertz CT molecular complexity index is 612. The molecule has 1 aromatic carbocycles. The molecule has 6 heteroatoms. The van der Waals surface area contributed by atoms with Crippen molar-refractivity contribution >= 4 is 11.9 Å². The minimum absolute atomic E-state index is 0.00659. The van der Waals surface area contributed by atoms with E-state index in [1.165, 1.54) is 37.8 Å². The Kier molecular flexibility index (Phi) is 7.51. The van der Waals surface area contributed by atoms with Gasteiger partial charge >= 0.3 is 0 Å². The molecule has 2 aliphatic rings.